The van der Waals surface area contributed by atoms with E-state index in [1.807, 2.05) is 11.8 Å². The Bertz CT molecular complexity index is 498. The van der Waals surface area contributed by atoms with Gasteiger partial charge in [-0.3, -0.25) is 5.43 Å². The molecule has 2 N–H and O–H groups in total. The topological polar surface area (TPSA) is 47.9 Å². The molecular weight excluding hydrogens is 270 g/mol. The Kier molecular flexibility index (Phi) is 6.46. The van der Waals surface area contributed by atoms with Crippen LogP contribution in [-0.4, -0.2) is 33.9 Å². The van der Waals surface area contributed by atoms with Gasteiger partial charge in [0.25, 0.3) is 0 Å². The first-order valence-corrected chi connectivity index (χ1v) is 6.59. The molecule has 5 heteroatoms. The van der Waals surface area contributed by atoms with E-state index in [0.29, 0.717) is 18.2 Å². The van der Waals surface area contributed by atoms with E-state index in [1.165, 1.54) is 0 Å². The summed E-state index contributed by atoms with van der Waals surface area (Å²) in [5, 5.41) is 14.0. The molecule has 0 saturated heterocycles. The quantitative estimate of drug-likeness (QED) is 0.366. The van der Waals surface area contributed by atoms with E-state index in [-0.39, 0.29) is 5.75 Å². The summed E-state index contributed by atoms with van der Waals surface area (Å²) < 4.78 is 0. The second-order valence-corrected chi connectivity index (χ2v) is 4.53. The van der Waals surface area contributed by atoms with Gasteiger partial charge in [0.15, 0.2) is 5.11 Å². The minimum absolute atomic E-state index is 0.230. The van der Waals surface area contributed by atoms with Crippen molar-refractivity contribution in [1.29, 1.82) is 0 Å². The number of hydrogen-bond donors (Lipinski definition) is 2. The average molecular weight is 289 g/mol. The molecule has 0 aliphatic heterocycles. The molecule has 0 aromatic heterocycles. The predicted octanol–water partition coefficient (Wildman–Crippen LogP) is 2.66. The minimum atomic E-state index is 0.230. The lowest BCUT2D eigenvalue weighted by atomic mass is 10.1. The van der Waals surface area contributed by atoms with E-state index in [9.17, 15) is 5.11 Å². The highest BCUT2D eigenvalue weighted by molar-refractivity contribution is 7.80. The number of hydrogen-bond acceptors (Lipinski definition) is 3. The lowest BCUT2D eigenvalue weighted by molar-refractivity contribution is 0.475. The van der Waals surface area contributed by atoms with Crippen molar-refractivity contribution < 1.29 is 5.11 Å². The monoisotopic (exact) mass is 289 g/mol. The molecule has 0 aliphatic carbocycles. The number of nitrogens with one attached hydrogen (secondary N) is 1. The molecule has 1 rings (SSSR count). The average Bonchev–Trinajstić information content (AvgIpc) is 2.45. The maximum Gasteiger partial charge on any atom is 0.190 e. The molecule has 20 heavy (non-hydrogen) atoms. The summed E-state index contributed by atoms with van der Waals surface area (Å²) in [4.78, 5) is 1.89. The molecule has 1 aromatic carbocycles. The first-order chi connectivity index (χ1) is 9.58. The van der Waals surface area contributed by atoms with Crippen molar-refractivity contribution in [1.82, 2.24) is 10.3 Å². The van der Waals surface area contributed by atoms with Crippen molar-refractivity contribution in [3.8, 4) is 5.75 Å². The van der Waals surface area contributed by atoms with Gasteiger partial charge < -0.3 is 10.0 Å². The Labute approximate surface area is 125 Å². The highest BCUT2D eigenvalue weighted by atomic mass is 32.1. The first-order valence-electron chi connectivity index (χ1n) is 6.19. The molecule has 0 radical (unpaired) electrons. The standard InChI is InChI=1S/C15H19N3OS/c1-4-10-18(11-5-2)15(20)17-16-12(3)13-6-8-14(19)9-7-13/h4-9,19H,1-2,10-11H2,3H3,(H,17,20)/b16-12-. The van der Waals surface area contributed by atoms with Gasteiger partial charge in [0.05, 0.1) is 5.71 Å². The third-order valence-electron chi connectivity index (χ3n) is 2.59. The fourth-order valence-electron chi connectivity index (χ4n) is 1.52. The molecule has 0 bridgehead atoms. The normalized spacial score (nSPS) is 10.8. The van der Waals surface area contributed by atoms with Gasteiger partial charge in [0.1, 0.15) is 5.75 Å². The van der Waals surface area contributed by atoms with Gasteiger partial charge in [0.2, 0.25) is 0 Å². The van der Waals surface area contributed by atoms with Crippen LogP contribution < -0.4 is 5.43 Å². The maximum atomic E-state index is 9.25. The largest absolute Gasteiger partial charge is 0.508 e. The van der Waals surface area contributed by atoms with Crippen molar-refractivity contribution in [2.45, 2.75) is 6.92 Å². The van der Waals surface area contributed by atoms with Crippen molar-refractivity contribution in [2.75, 3.05) is 13.1 Å². The third kappa shape index (κ3) is 4.85. The number of benzene rings is 1. The maximum absolute atomic E-state index is 9.25. The lowest BCUT2D eigenvalue weighted by Crippen LogP contribution is -2.38. The highest BCUT2D eigenvalue weighted by Crippen LogP contribution is 2.10. The molecule has 0 saturated carbocycles. The summed E-state index contributed by atoms with van der Waals surface area (Å²) >= 11 is 5.27. The number of aromatic hydroxyl groups is 1. The van der Waals surface area contributed by atoms with Crippen LogP contribution in [0.15, 0.2) is 54.7 Å². The summed E-state index contributed by atoms with van der Waals surface area (Å²) in [5.74, 6) is 0.230. The smallest absolute Gasteiger partial charge is 0.190 e. The van der Waals surface area contributed by atoms with Crippen molar-refractivity contribution in [3.05, 3.63) is 55.1 Å². The fraction of sp³-hybridized carbons (Fsp3) is 0.200. The molecule has 4 nitrogen and oxygen atoms in total. The molecule has 1 aromatic rings. The third-order valence-corrected chi connectivity index (χ3v) is 2.94. The molecule has 106 valence electrons. The number of thiocarbonyl (C=S) groups is 1. The van der Waals surface area contributed by atoms with E-state index in [1.54, 1.807) is 36.4 Å². The Morgan fingerprint density at radius 3 is 2.35 bits per heavy atom. The second kappa shape index (κ2) is 8.12. The number of phenols is 1. The molecule has 0 heterocycles. The number of nitrogens with zero attached hydrogens (tertiary/aromatic N) is 2. The van der Waals surface area contributed by atoms with Crippen LogP contribution in [0.3, 0.4) is 0 Å². The molecular formula is C15H19N3OS. The second-order valence-electron chi connectivity index (χ2n) is 4.14. The molecule has 0 unspecified atom stereocenters. The van der Waals surface area contributed by atoms with Crippen LogP contribution in [0.2, 0.25) is 0 Å². The van der Waals surface area contributed by atoms with Gasteiger partial charge in [-0.15, -0.1) is 13.2 Å². The van der Waals surface area contributed by atoms with Crippen LogP contribution in [0, 0.1) is 0 Å². The molecule has 0 spiro atoms. The zero-order valence-electron chi connectivity index (χ0n) is 11.5. The van der Waals surface area contributed by atoms with Gasteiger partial charge in [-0.2, -0.15) is 5.10 Å². The first kappa shape index (κ1) is 15.9. The number of rotatable bonds is 6. The minimum Gasteiger partial charge on any atom is -0.508 e. The molecule has 0 amide bonds. The van der Waals surface area contributed by atoms with Gasteiger partial charge in [0, 0.05) is 13.1 Å². The van der Waals surface area contributed by atoms with E-state index >= 15 is 0 Å². The van der Waals surface area contributed by atoms with Crippen molar-refractivity contribution in [3.63, 3.8) is 0 Å². The molecule has 0 fully saturated rings. The number of phenolic OH excluding ortho intramolecular Hbond substituents is 1. The van der Waals surface area contributed by atoms with Crippen molar-refractivity contribution >= 4 is 23.0 Å². The summed E-state index contributed by atoms with van der Waals surface area (Å²) in [6.45, 7) is 10.5. The van der Waals surface area contributed by atoms with Crippen LogP contribution in [0.5, 0.6) is 5.75 Å². The SMILES string of the molecule is C=CCN(CC=C)C(=S)N/N=C(/C)c1ccc(O)cc1. The van der Waals surface area contributed by atoms with Crippen LogP contribution in [0.25, 0.3) is 0 Å². The zero-order valence-corrected chi connectivity index (χ0v) is 12.4. The van der Waals surface area contributed by atoms with Gasteiger partial charge in [-0.25, -0.2) is 0 Å². The predicted molar refractivity (Wildman–Crippen MR) is 88.0 cm³/mol. The number of hydrazone groups is 1. The Morgan fingerprint density at radius 1 is 1.30 bits per heavy atom. The lowest BCUT2D eigenvalue weighted by Gasteiger charge is -2.21. The van der Waals surface area contributed by atoms with Gasteiger partial charge in [-0.1, -0.05) is 12.2 Å². The van der Waals surface area contributed by atoms with Crippen LogP contribution in [0.4, 0.5) is 0 Å². The zero-order chi connectivity index (χ0) is 15.0. The molecule has 0 aliphatic rings. The summed E-state index contributed by atoms with van der Waals surface area (Å²) in [5.41, 5.74) is 4.55. The summed E-state index contributed by atoms with van der Waals surface area (Å²) in [7, 11) is 0. The Balaban J connectivity index is 2.69. The molecule has 0 atom stereocenters. The highest BCUT2D eigenvalue weighted by Gasteiger charge is 2.05. The van der Waals surface area contributed by atoms with E-state index < -0.39 is 0 Å². The van der Waals surface area contributed by atoms with E-state index in [4.69, 9.17) is 12.2 Å². The van der Waals surface area contributed by atoms with E-state index in [0.717, 1.165) is 11.3 Å². The van der Waals surface area contributed by atoms with Gasteiger partial charge in [-0.05, 0) is 49.0 Å². The fourth-order valence-corrected chi connectivity index (χ4v) is 1.72. The Hall–Kier alpha value is -2.14. The summed E-state index contributed by atoms with van der Waals surface area (Å²) in [6, 6.07) is 6.83. The van der Waals surface area contributed by atoms with Gasteiger partial charge >= 0.3 is 0 Å². The van der Waals surface area contributed by atoms with Crippen molar-refractivity contribution in [2.24, 2.45) is 5.10 Å². The van der Waals surface area contributed by atoms with Crippen LogP contribution in [0.1, 0.15) is 12.5 Å². The Morgan fingerprint density at radius 2 is 1.85 bits per heavy atom. The summed E-state index contributed by atoms with van der Waals surface area (Å²) in [6.07, 6.45) is 3.54. The van der Waals surface area contributed by atoms with Crippen LogP contribution >= 0.6 is 12.2 Å². The van der Waals surface area contributed by atoms with Crippen LogP contribution in [-0.2, 0) is 0 Å². The van der Waals surface area contributed by atoms with E-state index in [2.05, 4.69) is 23.7 Å².